The minimum absolute atomic E-state index is 0.0229. The molecule has 2 unspecified atom stereocenters. The van der Waals surface area contributed by atoms with Crippen molar-refractivity contribution in [3.63, 3.8) is 0 Å². The molecule has 1 saturated heterocycles. The van der Waals surface area contributed by atoms with E-state index < -0.39 is 21.9 Å². The molecular weight excluding hydrogens is 412 g/mol. The Morgan fingerprint density at radius 1 is 1.31 bits per heavy atom. The summed E-state index contributed by atoms with van der Waals surface area (Å²) in [7, 11) is -3.10. The number of likely N-dealkylation sites (N-methyl/N-ethyl adjacent to an activating group) is 1. The van der Waals surface area contributed by atoms with E-state index in [1.807, 2.05) is 30.3 Å². The molecule has 0 aliphatic carbocycles. The zero-order valence-corrected chi connectivity index (χ0v) is 18.0. The van der Waals surface area contributed by atoms with Crippen LogP contribution in [0.5, 0.6) is 0 Å². The molecule has 0 N–H and O–H groups in total. The number of nitrogens with zero attached hydrogens (tertiary/aromatic N) is 2. The number of benzene rings is 1. The van der Waals surface area contributed by atoms with Gasteiger partial charge in [0, 0.05) is 23.5 Å². The Balaban J connectivity index is 1.57. The van der Waals surface area contributed by atoms with E-state index in [4.69, 9.17) is 4.74 Å². The third-order valence-corrected chi connectivity index (χ3v) is 7.52. The van der Waals surface area contributed by atoms with E-state index in [1.54, 1.807) is 12.3 Å². The molecule has 0 bridgehead atoms. The van der Waals surface area contributed by atoms with E-state index in [1.165, 1.54) is 23.2 Å². The second kappa shape index (κ2) is 9.04. The minimum Gasteiger partial charge on any atom is -0.452 e. The summed E-state index contributed by atoms with van der Waals surface area (Å²) in [6.07, 6.45) is -0.577. The fourth-order valence-electron chi connectivity index (χ4n) is 3.39. The van der Waals surface area contributed by atoms with Crippen LogP contribution in [-0.2, 0) is 30.6 Å². The highest BCUT2D eigenvalue weighted by Gasteiger charge is 2.36. The quantitative estimate of drug-likeness (QED) is 0.619. The number of amides is 1. The fourth-order valence-corrected chi connectivity index (χ4v) is 5.94. The molecule has 1 fully saturated rings. The summed E-state index contributed by atoms with van der Waals surface area (Å²) in [6.45, 7) is 3.67. The lowest BCUT2D eigenvalue weighted by molar-refractivity contribution is -0.159. The third-order valence-electron chi connectivity index (χ3n) is 4.83. The van der Waals surface area contributed by atoms with Gasteiger partial charge >= 0.3 is 5.97 Å². The number of carbonyl (C=O) groups is 2. The summed E-state index contributed by atoms with van der Waals surface area (Å²) in [5, 5.41) is 2.62. The molecule has 2 aromatic rings. The van der Waals surface area contributed by atoms with Crippen LogP contribution in [0.2, 0.25) is 0 Å². The summed E-state index contributed by atoms with van der Waals surface area (Å²) < 4.78 is 28.7. The first-order chi connectivity index (χ1) is 13.8. The first-order valence-electron chi connectivity index (χ1n) is 9.49. The molecule has 0 saturated carbocycles. The van der Waals surface area contributed by atoms with Gasteiger partial charge in [-0.3, -0.25) is 9.59 Å². The Bertz CT molecular complexity index is 972. The Morgan fingerprint density at radius 2 is 2.03 bits per heavy atom. The number of sulfone groups is 1. The molecule has 0 spiro atoms. The van der Waals surface area contributed by atoms with Crippen LogP contribution in [0.15, 0.2) is 35.7 Å². The number of carbonyl (C=O) groups excluding carboxylic acids is 2. The van der Waals surface area contributed by atoms with Crippen molar-refractivity contribution in [1.82, 2.24) is 9.88 Å². The van der Waals surface area contributed by atoms with Crippen molar-refractivity contribution >= 4 is 33.1 Å². The van der Waals surface area contributed by atoms with Gasteiger partial charge in [-0.25, -0.2) is 13.4 Å². The van der Waals surface area contributed by atoms with E-state index in [2.05, 4.69) is 4.98 Å². The van der Waals surface area contributed by atoms with Crippen molar-refractivity contribution in [1.29, 1.82) is 0 Å². The standard InChI is InChI=1S/C20H24N2O5S2/c1-3-22(17-9-10-29(25,26)13-17)20(24)14(2)27-18(23)11-16-12-28-19(21-16)15-7-5-4-6-8-15/h4-8,12,14,17H,3,9-11,13H2,1-2H3. The van der Waals surface area contributed by atoms with Gasteiger partial charge in [0.1, 0.15) is 5.01 Å². The molecule has 1 aromatic carbocycles. The second-order valence-electron chi connectivity index (χ2n) is 7.00. The highest BCUT2D eigenvalue weighted by atomic mass is 32.2. The number of esters is 1. The molecular formula is C20H24N2O5S2. The predicted molar refractivity (Wildman–Crippen MR) is 111 cm³/mol. The number of thiazole rings is 1. The van der Waals surface area contributed by atoms with Gasteiger partial charge in [-0.1, -0.05) is 30.3 Å². The van der Waals surface area contributed by atoms with Gasteiger partial charge in [-0.05, 0) is 20.3 Å². The lowest BCUT2D eigenvalue weighted by Crippen LogP contribution is -2.46. The average molecular weight is 437 g/mol. The molecule has 29 heavy (non-hydrogen) atoms. The van der Waals surface area contributed by atoms with Crippen LogP contribution in [0.4, 0.5) is 0 Å². The molecule has 7 nitrogen and oxygen atoms in total. The maximum absolute atomic E-state index is 12.7. The van der Waals surface area contributed by atoms with Crippen LogP contribution in [0, 0.1) is 0 Å². The predicted octanol–water partition coefficient (Wildman–Crippen LogP) is 2.32. The molecule has 1 amide bonds. The lowest BCUT2D eigenvalue weighted by Gasteiger charge is -2.29. The fraction of sp³-hybridized carbons (Fsp3) is 0.450. The van der Waals surface area contributed by atoms with Crippen molar-refractivity contribution in [2.24, 2.45) is 0 Å². The Hall–Kier alpha value is -2.26. The maximum Gasteiger partial charge on any atom is 0.312 e. The summed E-state index contributed by atoms with van der Waals surface area (Å²) in [5.41, 5.74) is 1.57. The lowest BCUT2D eigenvalue weighted by atomic mass is 10.2. The summed E-state index contributed by atoms with van der Waals surface area (Å²) in [6, 6.07) is 9.31. The van der Waals surface area contributed by atoms with Crippen molar-refractivity contribution in [2.45, 2.75) is 38.8 Å². The number of hydrogen-bond donors (Lipinski definition) is 0. The van der Waals surface area contributed by atoms with Crippen LogP contribution < -0.4 is 0 Å². The van der Waals surface area contributed by atoms with E-state index in [0.29, 0.717) is 18.7 Å². The maximum atomic E-state index is 12.7. The SMILES string of the molecule is CCN(C(=O)C(C)OC(=O)Cc1csc(-c2ccccc2)n1)C1CCS(=O)(=O)C1. The third kappa shape index (κ3) is 5.42. The molecule has 1 aliphatic rings. The molecule has 0 radical (unpaired) electrons. The van der Waals surface area contributed by atoms with Crippen LogP contribution in [0.3, 0.4) is 0 Å². The Morgan fingerprint density at radius 3 is 2.66 bits per heavy atom. The first kappa shape index (κ1) is 21.4. The zero-order valence-electron chi connectivity index (χ0n) is 16.4. The molecule has 1 aliphatic heterocycles. The number of rotatable bonds is 7. The Kier molecular flexibility index (Phi) is 6.69. The van der Waals surface area contributed by atoms with Gasteiger partial charge in [-0.2, -0.15) is 0 Å². The van der Waals surface area contributed by atoms with E-state index in [-0.39, 0.29) is 29.9 Å². The normalized spacial score (nSPS) is 18.9. The van der Waals surface area contributed by atoms with Gasteiger partial charge in [-0.15, -0.1) is 11.3 Å². The van der Waals surface area contributed by atoms with Gasteiger partial charge in [0.15, 0.2) is 15.9 Å². The van der Waals surface area contributed by atoms with E-state index in [9.17, 15) is 18.0 Å². The number of hydrogen-bond acceptors (Lipinski definition) is 7. The number of aromatic nitrogens is 1. The van der Waals surface area contributed by atoms with Crippen LogP contribution >= 0.6 is 11.3 Å². The minimum atomic E-state index is -3.10. The molecule has 2 heterocycles. The van der Waals surface area contributed by atoms with Gasteiger partial charge in [0.05, 0.1) is 23.6 Å². The average Bonchev–Trinajstić information content (AvgIpc) is 3.29. The highest BCUT2D eigenvalue weighted by molar-refractivity contribution is 7.91. The van der Waals surface area contributed by atoms with Crippen molar-refractivity contribution in [3.05, 3.63) is 41.4 Å². The zero-order chi connectivity index (χ0) is 21.0. The van der Waals surface area contributed by atoms with Crippen LogP contribution in [-0.4, -0.2) is 60.4 Å². The smallest absolute Gasteiger partial charge is 0.312 e. The second-order valence-corrected chi connectivity index (χ2v) is 10.1. The topological polar surface area (TPSA) is 93.6 Å². The van der Waals surface area contributed by atoms with Gasteiger partial charge in [0.25, 0.3) is 5.91 Å². The van der Waals surface area contributed by atoms with Crippen LogP contribution in [0.1, 0.15) is 26.0 Å². The van der Waals surface area contributed by atoms with Crippen molar-refractivity contribution in [2.75, 3.05) is 18.1 Å². The first-order valence-corrected chi connectivity index (χ1v) is 12.2. The summed E-state index contributed by atoms with van der Waals surface area (Å²) in [5.74, 6) is -0.852. The van der Waals surface area contributed by atoms with E-state index >= 15 is 0 Å². The largest absolute Gasteiger partial charge is 0.452 e. The molecule has 3 rings (SSSR count). The van der Waals surface area contributed by atoms with E-state index in [0.717, 1.165) is 10.6 Å². The van der Waals surface area contributed by atoms with Crippen molar-refractivity contribution < 1.29 is 22.7 Å². The molecule has 2 atom stereocenters. The van der Waals surface area contributed by atoms with Gasteiger partial charge in [0.2, 0.25) is 0 Å². The number of ether oxygens (including phenoxy) is 1. The molecule has 156 valence electrons. The Labute approximate surface area is 174 Å². The molecule has 9 heteroatoms. The summed E-state index contributed by atoms with van der Waals surface area (Å²) >= 11 is 1.44. The van der Waals surface area contributed by atoms with Gasteiger partial charge < -0.3 is 9.64 Å². The summed E-state index contributed by atoms with van der Waals surface area (Å²) in [4.78, 5) is 30.9. The molecule has 1 aromatic heterocycles. The monoisotopic (exact) mass is 436 g/mol. The van der Waals surface area contributed by atoms with Crippen molar-refractivity contribution in [3.8, 4) is 10.6 Å². The van der Waals surface area contributed by atoms with Crippen LogP contribution in [0.25, 0.3) is 10.6 Å². The highest BCUT2D eigenvalue weighted by Crippen LogP contribution is 2.24.